The summed E-state index contributed by atoms with van der Waals surface area (Å²) < 4.78 is 4.97. The van der Waals surface area contributed by atoms with Gasteiger partial charge in [0, 0.05) is 13.2 Å². The molecule has 0 fully saturated rings. The lowest BCUT2D eigenvalue weighted by Gasteiger charge is -2.06. The molecule has 0 aliphatic carbocycles. The van der Waals surface area contributed by atoms with Crippen LogP contribution in [0.1, 0.15) is 26.2 Å². The molecule has 0 aromatic rings. The van der Waals surface area contributed by atoms with E-state index < -0.39 is 0 Å². The lowest BCUT2D eigenvalue weighted by atomic mass is 10.1. The molecule has 0 aliphatic heterocycles. The summed E-state index contributed by atoms with van der Waals surface area (Å²) in [5.74, 6) is 1.73. The zero-order valence-electron chi connectivity index (χ0n) is 6.59. The number of unbranched alkanes of at least 4 members (excludes halogenated alkanes) is 1. The Kier molecular flexibility index (Phi) is 6.14. The highest BCUT2D eigenvalue weighted by atomic mass is 16.5. The molecule has 1 atom stereocenters. The molecule has 0 N–H and O–H groups in total. The van der Waals surface area contributed by atoms with Crippen molar-refractivity contribution in [1.82, 2.24) is 0 Å². The molecule has 1 unspecified atom stereocenters. The number of hydrogen-bond donors (Lipinski definition) is 0. The summed E-state index contributed by atoms with van der Waals surface area (Å²) in [5.41, 5.74) is 0. The highest BCUT2D eigenvalue weighted by molar-refractivity contribution is 5.46. The third-order valence-electron chi connectivity index (χ3n) is 1.40. The van der Waals surface area contributed by atoms with E-state index in [1.54, 1.807) is 13.1 Å². The van der Waals surface area contributed by atoms with Gasteiger partial charge in [-0.25, -0.2) is 4.79 Å². The normalized spacial score (nSPS) is 12.2. The van der Waals surface area contributed by atoms with E-state index in [1.807, 2.05) is 0 Å². The maximum atomic E-state index is 9.88. The van der Waals surface area contributed by atoms with Crippen molar-refractivity contribution < 1.29 is 9.53 Å². The van der Waals surface area contributed by atoms with Crippen LogP contribution in [-0.2, 0) is 9.53 Å². The van der Waals surface area contributed by atoms with Gasteiger partial charge in [0.15, 0.2) is 0 Å². The van der Waals surface area contributed by atoms with Crippen molar-refractivity contribution in [3.8, 4) is 0 Å². The Balaban J connectivity index is 3.49. The molecule has 10 heavy (non-hydrogen) atoms. The quantitative estimate of drug-likeness (QED) is 0.545. The fraction of sp³-hybridized carbons (Fsp3) is 0.750. The molecule has 0 aliphatic rings. The molecule has 0 radical (unpaired) electrons. The van der Waals surface area contributed by atoms with Crippen molar-refractivity contribution in [2.75, 3.05) is 7.11 Å². The topological polar surface area (TPSA) is 26.3 Å². The minimum absolute atomic E-state index is 0.0301. The first-order valence-corrected chi connectivity index (χ1v) is 3.59. The summed E-state index contributed by atoms with van der Waals surface area (Å²) in [5, 5.41) is 0. The van der Waals surface area contributed by atoms with Crippen LogP contribution in [0.2, 0.25) is 0 Å². The molecule has 0 saturated heterocycles. The predicted molar refractivity (Wildman–Crippen MR) is 40.6 cm³/mol. The fourth-order valence-corrected chi connectivity index (χ4v) is 0.750. The molecule has 0 spiro atoms. The number of hydrogen-bond acceptors (Lipinski definition) is 2. The molecule has 0 saturated carbocycles. The molecule has 0 aromatic carbocycles. The van der Waals surface area contributed by atoms with Crippen LogP contribution in [-0.4, -0.2) is 19.2 Å². The Morgan fingerprint density at radius 3 is 2.80 bits per heavy atom. The van der Waals surface area contributed by atoms with E-state index in [2.05, 4.69) is 6.92 Å². The minimum Gasteiger partial charge on any atom is -0.377 e. The molecule has 2 heteroatoms. The first-order valence-electron chi connectivity index (χ1n) is 3.59. The molecule has 58 valence electrons. The second-order valence-corrected chi connectivity index (χ2v) is 2.20. The summed E-state index contributed by atoms with van der Waals surface area (Å²) >= 11 is 0. The van der Waals surface area contributed by atoms with Gasteiger partial charge in [0.25, 0.3) is 0 Å². The van der Waals surface area contributed by atoms with Gasteiger partial charge in [0.1, 0.15) is 5.94 Å². The lowest BCUT2D eigenvalue weighted by Crippen LogP contribution is -2.06. The Morgan fingerprint density at radius 1 is 1.70 bits per heavy atom. The summed E-state index contributed by atoms with van der Waals surface area (Å²) in [6.45, 7) is 2.11. The van der Waals surface area contributed by atoms with E-state index in [1.165, 1.54) is 6.08 Å². The van der Waals surface area contributed by atoms with Crippen LogP contribution in [0.5, 0.6) is 0 Å². The molecule has 0 amide bonds. The third-order valence-corrected chi connectivity index (χ3v) is 1.40. The van der Waals surface area contributed by atoms with Gasteiger partial charge < -0.3 is 4.74 Å². The number of methoxy groups -OCH3 is 1. The maximum absolute atomic E-state index is 9.88. The molecule has 0 aromatic heterocycles. The zero-order valence-corrected chi connectivity index (χ0v) is 6.59. The van der Waals surface area contributed by atoms with E-state index in [0.717, 1.165) is 19.3 Å². The van der Waals surface area contributed by atoms with Crippen LogP contribution < -0.4 is 0 Å². The third kappa shape index (κ3) is 4.30. The Hall–Kier alpha value is -0.590. The van der Waals surface area contributed by atoms with E-state index in [-0.39, 0.29) is 6.10 Å². The fourth-order valence-electron chi connectivity index (χ4n) is 0.750. The Bertz CT molecular complexity index is 114. The van der Waals surface area contributed by atoms with Gasteiger partial charge in [-0.05, 0) is 6.42 Å². The van der Waals surface area contributed by atoms with Gasteiger partial charge in [-0.1, -0.05) is 19.8 Å². The second-order valence-electron chi connectivity index (χ2n) is 2.20. The zero-order chi connectivity index (χ0) is 7.82. The molecule has 0 bridgehead atoms. The van der Waals surface area contributed by atoms with Crippen LogP contribution in [0, 0.1) is 0 Å². The molecular weight excluding hydrogens is 128 g/mol. The maximum Gasteiger partial charge on any atom is 0.122 e. The van der Waals surface area contributed by atoms with Gasteiger partial charge in [-0.3, -0.25) is 0 Å². The highest BCUT2D eigenvalue weighted by Gasteiger charge is 2.00. The van der Waals surface area contributed by atoms with Crippen molar-refractivity contribution in [2.45, 2.75) is 32.3 Å². The number of ether oxygens (including phenoxy) is 1. The van der Waals surface area contributed by atoms with Crippen LogP contribution in [0.15, 0.2) is 6.08 Å². The molecular formula is C8H14O2. The van der Waals surface area contributed by atoms with E-state index in [9.17, 15) is 4.79 Å². The largest absolute Gasteiger partial charge is 0.377 e. The lowest BCUT2D eigenvalue weighted by molar-refractivity contribution is 0.132. The SMILES string of the molecule is CCCCC(C=C=O)OC. The monoisotopic (exact) mass is 142 g/mol. The standard InChI is InChI=1S/C8H14O2/c1-3-4-5-8(10-2)6-7-9/h6,8H,3-5H2,1-2H3. The summed E-state index contributed by atoms with van der Waals surface area (Å²) in [6, 6.07) is 0. The van der Waals surface area contributed by atoms with Crippen molar-refractivity contribution in [3.63, 3.8) is 0 Å². The van der Waals surface area contributed by atoms with Crippen molar-refractivity contribution in [1.29, 1.82) is 0 Å². The van der Waals surface area contributed by atoms with Crippen LogP contribution in [0.25, 0.3) is 0 Å². The van der Waals surface area contributed by atoms with Crippen molar-refractivity contribution in [3.05, 3.63) is 6.08 Å². The molecule has 2 nitrogen and oxygen atoms in total. The number of rotatable bonds is 5. The van der Waals surface area contributed by atoms with E-state index >= 15 is 0 Å². The predicted octanol–water partition coefficient (Wildman–Crippen LogP) is 1.58. The van der Waals surface area contributed by atoms with Gasteiger partial charge in [0.2, 0.25) is 0 Å². The average molecular weight is 142 g/mol. The summed E-state index contributed by atoms with van der Waals surface area (Å²) in [4.78, 5) is 9.88. The molecule has 0 heterocycles. The van der Waals surface area contributed by atoms with Gasteiger partial charge >= 0.3 is 0 Å². The smallest absolute Gasteiger partial charge is 0.122 e. The first kappa shape index (κ1) is 9.41. The Morgan fingerprint density at radius 2 is 2.40 bits per heavy atom. The van der Waals surface area contributed by atoms with Gasteiger partial charge in [-0.15, -0.1) is 0 Å². The van der Waals surface area contributed by atoms with Crippen molar-refractivity contribution >= 4 is 5.94 Å². The average Bonchev–Trinajstić information content (AvgIpc) is 1.98. The van der Waals surface area contributed by atoms with Crippen LogP contribution in [0.4, 0.5) is 0 Å². The van der Waals surface area contributed by atoms with Crippen molar-refractivity contribution in [2.24, 2.45) is 0 Å². The summed E-state index contributed by atoms with van der Waals surface area (Å²) in [7, 11) is 1.61. The second kappa shape index (κ2) is 6.53. The van der Waals surface area contributed by atoms with Gasteiger partial charge in [0.05, 0.1) is 6.10 Å². The molecule has 0 rings (SSSR count). The first-order chi connectivity index (χ1) is 4.85. The summed E-state index contributed by atoms with van der Waals surface area (Å²) in [6.07, 6.45) is 4.54. The highest BCUT2D eigenvalue weighted by Crippen LogP contribution is 2.03. The van der Waals surface area contributed by atoms with Crippen LogP contribution >= 0.6 is 0 Å². The number of carbonyl (C=O) groups excluding carboxylic acids is 1. The van der Waals surface area contributed by atoms with Gasteiger partial charge in [-0.2, -0.15) is 0 Å². The van der Waals surface area contributed by atoms with E-state index in [4.69, 9.17) is 4.74 Å². The van der Waals surface area contributed by atoms with Crippen LogP contribution in [0.3, 0.4) is 0 Å². The minimum atomic E-state index is -0.0301. The van der Waals surface area contributed by atoms with E-state index in [0.29, 0.717) is 0 Å². The Labute approximate surface area is 61.9 Å².